The highest BCUT2D eigenvalue weighted by molar-refractivity contribution is 5.86. The Kier molecular flexibility index (Phi) is 5.17. The largest absolute Gasteiger partial charge is 0.489 e. The molecule has 0 aliphatic rings. The molecule has 0 amide bonds. The highest BCUT2D eigenvalue weighted by Crippen LogP contribution is 2.24. The predicted molar refractivity (Wildman–Crippen MR) is 113 cm³/mol. The van der Waals surface area contributed by atoms with E-state index < -0.39 is 5.97 Å². The lowest BCUT2D eigenvalue weighted by atomic mass is 10.0. The van der Waals surface area contributed by atoms with Crippen LogP contribution < -0.4 is 10.3 Å². The number of hydrogen-bond donors (Lipinski definition) is 2. The number of rotatable bonds is 7. The number of carboxylic acid groups (broad SMARTS) is 1. The molecule has 30 heavy (non-hydrogen) atoms. The summed E-state index contributed by atoms with van der Waals surface area (Å²) in [5.41, 5.74) is 2.50. The first-order valence-electron chi connectivity index (χ1n) is 9.33. The monoisotopic (exact) mass is 401 g/mol. The number of nitrogens with one attached hydrogen (secondary N) is 1. The van der Waals surface area contributed by atoms with Crippen LogP contribution in [0.3, 0.4) is 0 Å². The van der Waals surface area contributed by atoms with Crippen LogP contribution in [0.15, 0.2) is 78.1 Å². The normalized spacial score (nSPS) is 10.8. The maximum atomic E-state index is 12.9. The molecule has 0 saturated carbocycles. The molecule has 2 aromatic heterocycles. The van der Waals surface area contributed by atoms with Crippen LogP contribution in [-0.2, 0) is 13.0 Å². The van der Waals surface area contributed by atoms with Crippen molar-refractivity contribution in [3.63, 3.8) is 0 Å². The van der Waals surface area contributed by atoms with E-state index in [2.05, 4.69) is 16.7 Å². The molecule has 0 radical (unpaired) electrons. The Hall–Kier alpha value is -4.13. The highest BCUT2D eigenvalue weighted by atomic mass is 16.5. The molecule has 0 atom stereocenters. The summed E-state index contributed by atoms with van der Waals surface area (Å²) in [6, 6.07) is 18.5. The maximum Gasteiger partial charge on any atom is 0.353 e. The molecule has 0 aliphatic carbocycles. The number of nitrogens with zero attached hydrogens (tertiary/aromatic N) is 2. The highest BCUT2D eigenvalue weighted by Gasteiger charge is 2.17. The van der Waals surface area contributed by atoms with Crippen LogP contribution in [0, 0.1) is 0 Å². The molecule has 2 N–H and O–H groups in total. The number of aromatic nitrogens is 3. The van der Waals surface area contributed by atoms with Crippen molar-refractivity contribution in [3.05, 3.63) is 100 Å². The van der Waals surface area contributed by atoms with Crippen LogP contribution in [0.1, 0.15) is 21.6 Å². The summed E-state index contributed by atoms with van der Waals surface area (Å²) in [5.74, 6) is -0.466. The van der Waals surface area contributed by atoms with E-state index in [9.17, 15) is 14.7 Å². The first-order valence-corrected chi connectivity index (χ1v) is 9.33. The predicted octanol–water partition coefficient (Wildman–Crippen LogP) is 3.70. The van der Waals surface area contributed by atoms with E-state index in [4.69, 9.17) is 4.74 Å². The van der Waals surface area contributed by atoms with Gasteiger partial charge in [-0.3, -0.25) is 9.89 Å². The van der Waals surface area contributed by atoms with Gasteiger partial charge in [-0.1, -0.05) is 36.4 Å². The number of H-pyrrole nitrogens is 1. The third-order valence-corrected chi connectivity index (χ3v) is 4.66. The maximum absolute atomic E-state index is 12.9. The molecule has 150 valence electrons. The summed E-state index contributed by atoms with van der Waals surface area (Å²) < 4.78 is 6.95. The van der Waals surface area contributed by atoms with E-state index in [1.807, 2.05) is 54.6 Å². The van der Waals surface area contributed by atoms with Crippen molar-refractivity contribution >= 4 is 11.6 Å². The Balaban J connectivity index is 1.69. The minimum Gasteiger partial charge on any atom is -0.489 e. The van der Waals surface area contributed by atoms with Crippen molar-refractivity contribution < 1.29 is 14.6 Å². The number of carboxylic acids is 1. The van der Waals surface area contributed by atoms with Crippen LogP contribution in [0.2, 0.25) is 0 Å². The third kappa shape index (κ3) is 3.73. The Morgan fingerprint density at radius 3 is 2.57 bits per heavy atom. The average Bonchev–Trinajstić information content (AvgIpc) is 3.20. The number of ether oxygens (including phenoxy) is 1. The number of aromatic carboxylic acids is 1. The van der Waals surface area contributed by atoms with Crippen molar-refractivity contribution in [1.82, 2.24) is 14.6 Å². The third-order valence-electron chi connectivity index (χ3n) is 4.66. The number of allylic oxidation sites excluding steroid dienone is 1. The lowest BCUT2D eigenvalue weighted by Crippen LogP contribution is -2.21. The molecule has 0 fully saturated rings. The van der Waals surface area contributed by atoms with Gasteiger partial charge in [0.05, 0.1) is 5.69 Å². The van der Waals surface area contributed by atoms with Gasteiger partial charge in [-0.2, -0.15) is 0 Å². The fourth-order valence-corrected chi connectivity index (χ4v) is 3.19. The van der Waals surface area contributed by atoms with Crippen molar-refractivity contribution in [2.75, 3.05) is 0 Å². The van der Waals surface area contributed by atoms with E-state index in [0.29, 0.717) is 30.0 Å². The lowest BCUT2D eigenvalue weighted by Gasteiger charge is -2.10. The van der Waals surface area contributed by atoms with Gasteiger partial charge in [0.2, 0.25) is 0 Å². The second kappa shape index (κ2) is 8.08. The van der Waals surface area contributed by atoms with Crippen LogP contribution in [0.5, 0.6) is 5.75 Å². The van der Waals surface area contributed by atoms with Crippen molar-refractivity contribution in [1.29, 1.82) is 0 Å². The number of carbonyl (C=O) groups is 1. The van der Waals surface area contributed by atoms with Crippen LogP contribution in [-0.4, -0.2) is 25.7 Å². The molecule has 7 heteroatoms. The van der Waals surface area contributed by atoms with Gasteiger partial charge in [0, 0.05) is 17.2 Å². The number of benzene rings is 2. The van der Waals surface area contributed by atoms with E-state index in [-0.39, 0.29) is 16.9 Å². The number of fused-ring (bicyclic) bond motifs is 1. The Morgan fingerprint density at radius 1 is 1.17 bits per heavy atom. The van der Waals surface area contributed by atoms with Gasteiger partial charge >= 0.3 is 5.97 Å². The van der Waals surface area contributed by atoms with Gasteiger partial charge in [0.25, 0.3) is 5.56 Å². The molecule has 7 nitrogen and oxygen atoms in total. The Labute approximate surface area is 171 Å². The van der Waals surface area contributed by atoms with Crippen LogP contribution in [0.25, 0.3) is 16.9 Å². The molecule has 2 aromatic carbocycles. The second-order valence-corrected chi connectivity index (χ2v) is 6.70. The summed E-state index contributed by atoms with van der Waals surface area (Å²) in [4.78, 5) is 28.7. The van der Waals surface area contributed by atoms with Gasteiger partial charge in [-0.25, -0.2) is 14.3 Å². The summed E-state index contributed by atoms with van der Waals surface area (Å²) in [7, 11) is 0. The van der Waals surface area contributed by atoms with E-state index in [1.54, 1.807) is 6.08 Å². The zero-order chi connectivity index (χ0) is 21.1. The summed E-state index contributed by atoms with van der Waals surface area (Å²) >= 11 is 0. The molecule has 0 saturated heterocycles. The fourth-order valence-electron chi connectivity index (χ4n) is 3.19. The molecule has 0 bridgehead atoms. The van der Waals surface area contributed by atoms with E-state index in [1.165, 1.54) is 6.07 Å². The van der Waals surface area contributed by atoms with Gasteiger partial charge in [0.15, 0.2) is 5.65 Å². The quantitative estimate of drug-likeness (QED) is 0.460. The number of hydrogen-bond acceptors (Lipinski definition) is 4. The van der Waals surface area contributed by atoms with Crippen molar-refractivity contribution in [2.45, 2.75) is 13.0 Å². The summed E-state index contributed by atoms with van der Waals surface area (Å²) in [6.45, 7) is 4.17. The molecule has 0 spiro atoms. The molecule has 4 aromatic rings. The topological polar surface area (TPSA) is 96.7 Å². The van der Waals surface area contributed by atoms with Crippen LogP contribution in [0.4, 0.5) is 0 Å². The smallest absolute Gasteiger partial charge is 0.353 e. The zero-order valence-electron chi connectivity index (χ0n) is 16.0. The van der Waals surface area contributed by atoms with Crippen molar-refractivity contribution in [2.24, 2.45) is 0 Å². The molecule has 2 heterocycles. The fraction of sp³-hybridized carbons (Fsp3) is 0.0870. The van der Waals surface area contributed by atoms with Crippen LogP contribution >= 0.6 is 0 Å². The lowest BCUT2D eigenvalue weighted by molar-refractivity contribution is 0.0690. The minimum atomic E-state index is -1.16. The number of aromatic amines is 1. The average molecular weight is 401 g/mol. The van der Waals surface area contributed by atoms with Gasteiger partial charge in [-0.15, -0.1) is 6.58 Å². The van der Waals surface area contributed by atoms with E-state index >= 15 is 0 Å². The van der Waals surface area contributed by atoms with Gasteiger partial charge in [-0.05, 0) is 36.2 Å². The molecule has 4 rings (SSSR count). The summed E-state index contributed by atoms with van der Waals surface area (Å²) in [6.07, 6.45) is 1.92. The molecular formula is C23H19N3O4. The molecule has 0 unspecified atom stereocenters. The first kappa shape index (κ1) is 19.2. The molecular weight excluding hydrogens is 382 g/mol. The van der Waals surface area contributed by atoms with Gasteiger partial charge in [0.1, 0.15) is 18.1 Å². The van der Waals surface area contributed by atoms with E-state index in [0.717, 1.165) is 15.6 Å². The minimum absolute atomic E-state index is 0.106. The standard InChI is InChI=1S/C23H19N3O4/c1-2-6-18-21(24-20-13-19(23(28)29)25-26(20)22(18)27)16-9-11-17(12-10-16)30-14-15-7-4-3-5-8-15/h2-5,7-13,25H,1,6,14H2,(H,28,29). The first-order chi connectivity index (χ1) is 14.6. The summed E-state index contributed by atoms with van der Waals surface area (Å²) in [5, 5.41) is 11.8. The van der Waals surface area contributed by atoms with Gasteiger partial charge < -0.3 is 9.84 Å². The van der Waals surface area contributed by atoms with Crippen molar-refractivity contribution in [3.8, 4) is 17.0 Å². The SMILES string of the molecule is C=CCc1c(-c2ccc(OCc3ccccc3)cc2)nc2cc(C(=O)O)[nH]n2c1=O. The molecule has 0 aliphatic heterocycles. The Bertz CT molecular complexity index is 1270. The zero-order valence-corrected chi connectivity index (χ0v) is 16.0. The Morgan fingerprint density at radius 2 is 1.90 bits per heavy atom. The second-order valence-electron chi connectivity index (χ2n) is 6.70.